The third-order valence-corrected chi connectivity index (χ3v) is 5.81. The van der Waals surface area contributed by atoms with Crippen LogP contribution < -0.4 is 10.2 Å². The number of benzene rings is 2. The molecule has 1 fully saturated rings. The number of rotatable bonds is 5. The van der Waals surface area contributed by atoms with Gasteiger partial charge in [0.2, 0.25) is 0 Å². The predicted octanol–water partition coefficient (Wildman–Crippen LogP) is 4.62. The predicted molar refractivity (Wildman–Crippen MR) is 122 cm³/mol. The molecule has 0 bridgehead atoms. The number of nitrogens with zero attached hydrogens (tertiary/aromatic N) is 3. The number of hydrogen-bond donors (Lipinski definition) is 1. The van der Waals surface area contributed by atoms with E-state index < -0.39 is 0 Å². The summed E-state index contributed by atoms with van der Waals surface area (Å²) in [6, 6.07) is 19.4. The van der Waals surface area contributed by atoms with E-state index in [0.29, 0.717) is 10.6 Å². The number of nitrogens with one attached hydrogen (secondary N) is 1. The molecule has 154 valence electrons. The van der Waals surface area contributed by atoms with Gasteiger partial charge in [0, 0.05) is 55.2 Å². The molecule has 4 rings (SSSR count). The number of carbonyl (C=O) groups is 1. The minimum absolute atomic E-state index is 0.118. The van der Waals surface area contributed by atoms with Crippen LogP contribution >= 0.6 is 11.6 Å². The molecular weight excluding hydrogens is 396 g/mol. The smallest absolute Gasteiger partial charge is 0.255 e. The van der Waals surface area contributed by atoms with Crippen LogP contribution in [-0.4, -0.2) is 42.0 Å². The van der Waals surface area contributed by atoms with Gasteiger partial charge in [-0.25, -0.2) is 4.98 Å². The Bertz CT molecular complexity index is 999. The largest absolute Gasteiger partial charge is 0.354 e. The average Bonchev–Trinajstić information content (AvgIpc) is 2.78. The van der Waals surface area contributed by atoms with Crippen molar-refractivity contribution in [2.24, 2.45) is 0 Å². The number of carbonyl (C=O) groups excluding carboxylic acids is 1. The first-order valence-electron chi connectivity index (χ1n) is 10.1. The number of aromatic nitrogens is 1. The second-order valence-electron chi connectivity index (χ2n) is 7.57. The normalized spacial score (nSPS) is 14.5. The number of pyridine rings is 1. The summed E-state index contributed by atoms with van der Waals surface area (Å²) in [7, 11) is 0. The van der Waals surface area contributed by atoms with Gasteiger partial charge in [-0.15, -0.1) is 0 Å². The fourth-order valence-corrected chi connectivity index (χ4v) is 3.74. The van der Waals surface area contributed by atoms with Crippen LogP contribution in [0.5, 0.6) is 0 Å². The molecule has 1 aliphatic heterocycles. The SMILES string of the molecule is Cc1cc(NC(=O)c2ccc(CN3CCN(c4ccccn4)CC3)cc2)ccc1Cl. The standard InChI is InChI=1S/C24H25ClN4O/c1-18-16-21(9-10-22(18)25)27-24(30)20-7-5-19(6-8-20)17-28-12-14-29(15-13-28)23-4-2-3-11-26-23/h2-11,16H,12-15,17H2,1H3,(H,27,30). The zero-order valence-electron chi connectivity index (χ0n) is 17.0. The van der Waals surface area contributed by atoms with E-state index in [1.54, 1.807) is 6.07 Å². The monoisotopic (exact) mass is 420 g/mol. The van der Waals surface area contributed by atoms with E-state index in [2.05, 4.69) is 26.2 Å². The lowest BCUT2D eigenvalue weighted by Crippen LogP contribution is -2.46. The van der Waals surface area contributed by atoms with Gasteiger partial charge in [-0.2, -0.15) is 0 Å². The van der Waals surface area contributed by atoms with Crippen molar-refractivity contribution in [3.63, 3.8) is 0 Å². The van der Waals surface area contributed by atoms with Gasteiger partial charge in [0.05, 0.1) is 0 Å². The highest BCUT2D eigenvalue weighted by Crippen LogP contribution is 2.20. The van der Waals surface area contributed by atoms with Gasteiger partial charge in [-0.1, -0.05) is 29.8 Å². The van der Waals surface area contributed by atoms with Gasteiger partial charge >= 0.3 is 0 Å². The van der Waals surface area contributed by atoms with Crippen LogP contribution in [0.1, 0.15) is 21.5 Å². The van der Waals surface area contributed by atoms with Crippen molar-refractivity contribution in [3.8, 4) is 0 Å². The number of aryl methyl sites for hydroxylation is 1. The average molecular weight is 421 g/mol. The minimum Gasteiger partial charge on any atom is -0.354 e. The Morgan fingerprint density at radius 2 is 1.80 bits per heavy atom. The molecule has 0 unspecified atom stereocenters. The summed E-state index contributed by atoms with van der Waals surface area (Å²) in [5.74, 6) is 0.927. The molecule has 1 aliphatic rings. The van der Waals surface area contributed by atoms with E-state index in [0.717, 1.165) is 49.8 Å². The van der Waals surface area contributed by atoms with Gasteiger partial charge in [0.1, 0.15) is 5.82 Å². The summed E-state index contributed by atoms with van der Waals surface area (Å²) in [4.78, 5) is 21.7. The topological polar surface area (TPSA) is 48.5 Å². The zero-order valence-corrected chi connectivity index (χ0v) is 17.8. The molecule has 0 spiro atoms. The number of amides is 1. The van der Waals surface area contributed by atoms with Gasteiger partial charge in [-0.05, 0) is 60.5 Å². The number of halogens is 1. The first-order chi connectivity index (χ1) is 14.6. The number of anilines is 2. The molecule has 1 N–H and O–H groups in total. The highest BCUT2D eigenvalue weighted by atomic mass is 35.5. The first-order valence-corrected chi connectivity index (χ1v) is 10.5. The molecule has 1 aromatic heterocycles. The van der Waals surface area contributed by atoms with Crippen LogP contribution in [0.15, 0.2) is 66.9 Å². The summed E-state index contributed by atoms with van der Waals surface area (Å²) in [5.41, 5.74) is 3.54. The molecule has 5 nitrogen and oxygen atoms in total. The van der Waals surface area contributed by atoms with Crippen LogP contribution in [0.4, 0.5) is 11.5 Å². The molecule has 0 aliphatic carbocycles. The minimum atomic E-state index is -0.118. The second kappa shape index (κ2) is 9.28. The van der Waals surface area contributed by atoms with Crippen molar-refractivity contribution in [2.45, 2.75) is 13.5 Å². The van der Waals surface area contributed by atoms with E-state index in [1.807, 2.05) is 61.7 Å². The van der Waals surface area contributed by atoms with Crippen LogP contribution in [0.25, 0.3) is 0 Å². The Kier molecular flexibility index (Phi) is 6.31. The van der Waals surface area contributed by atoms with E-state index in [4.69, 9.17) is 11.6 Å². The summed E-state index contributed by atoms with van der Waals surface area (Å²) >= 11 is 6.05. The first kappa shape index (κ1) is 20.4. The molecule has 0 saturated carbocycles. The van der Waals surface area contributed by atoms with Crippen molar-refractivity contribution in [1.29, 1.82) is 0 Å². The Hall–Kier alpha value is -2.89. The van der Waals surface area contributed by atoms with Crippen molar-refractivity contribution in [1.82, 2.24) is 9.88 Å². The third-order valence-electron chi connectivity index (χ3n) is 5.38. The Balaban J connectivity index is 1.30. The van der Waals surface area contributed by atoms with Crippen molar-refractivity contribution < 1.29 is 4.79 Å². The van der Waals surface area contributed by atoms with Gasteiger partial charge in [0.25, 0.3) is 5.91 Å². The maximum absolute atomic E-state index is 12.5. The fraction of sp³-hybridized carbons (Fsp3) is 0.250. The maximum atomic E-state index is 12.5. The Morgan fingerprint density at radius 1 is 1.03 bits per heavy atom. The van der Waals surface area contributed by atoms with Crippen molar-refractivity contribution in [2.75, 3.05) is 36.4 Å². The molecule has 2 heterocycles. The quantitative estimate of drug-likeness (QED) is 0.654. The maximum Gasteiger partial charge on any atom is 0.255 e. The molecular formula is C24H25ClN4O. The highest BCUT2D eigenvalue weighted by Gasteiger charge is 2.18. The number of hydrogen-bond acceptors (Lipinski definition) is 4. The number of piperazine rings is 1. The highest BCUT2D eigenvalue weighted by molar-refractivity contribution is 6.31. The molecule has 1 amide bonds. The molecule has 0 atom stereocenters. The van der Waals surface area contributed by atoms with Gasteiger partial charge in [0.15, 0.2) is 0 Å². The van der Waals surface area contributed by atoms with Crippen molar-refractivity contribution >= 4 is 29.0 Å². The lowest BCUT2D eigenvalue weighted by Gasteiger charge is -2.35. The van der Waals surface area contributed by atoms with E-state index in [9.17, 15) is 4.79 Å². The van der Waals surface area contributed by atoms with Crippen LogP contribution in [0.2, 0.25) is 5.02 Å². The molecule has 1 saturated heterocycles. The molecule has 3 aromatic rings. The molecule has 2 aromatic carbocycles. The third kappa shape index (κ3) is 4.99. The van der Waals surface area contributed by atoms with Gasteiger partial charge in [-0.3, -0.25) is 9.69 Å². The van der Waals surface area contributed by atoms with Crippen LogP contribution in [-0.2, 0) is 6.54 Å². The lowest BCUT2D eigenvalue weighted by atomic mass is 10.1. The summed E-state index contributed by atoms with van der Waals surface area (Å²) < 4.78 is 0. The van der Waals surface area contributed by atoms with Crippen molar-refractivity contribution in [3.05, 3.63) is 88.6 Å². The van der Waals surface area contributed by atoms with E-state index in [1.165, 1.54) is 5.56 Å². The second-order valence-corrected chi connectivity index (χ2v) is 7.97. The fourth-order valence-electron chi connectivity index (χ4n) is 3.62. The molecule has 30 heavy (non-hydrogen) atoms. The summed E-state index contributed by atoms with van der Waals surface area (Å²) in [6.45, 7) is 6.73. The Labute approximate surface area is 182 Å². The van der Waals surface area contributed by atoms with E-state index in [-0.39, 0.29) is 5.91 Å². The van der Waals surface area contributed by atoms with Gasteiger partial charge < -0.3 is 10.2 Å². The molecule has 6 heteroatoms. The van der Waals surface area contributed by atoms with Crippen LogP contribution in [0.3, 0.4) is 0 Å². The summed E-state index contributed by atoms with van der Waals surface area (Å²) in [6.07, 6.45) is 1.84. The Morgan fingerprint density at radius 3 is 2.47 bits per heavy atom. The zero-order chi connectivity index (χ0) is 20.9. The lowest BCUT2D eigenvalue weighted by molar-refractivity contribution is 0.102. The van der Waals surface area contributed by atoms with E-state index >= 15 is 0 Å². The molecule has 0 radical (unpaired) electrons. The van der Waals surface area contributed by atoms with Crippen LogP contribution in [0, 0.1) is 6.92 Å². The summed E-state index contributed by atoms with van der Waals surface area (Å²) in [5, 5.41) is 3.62.